The van der Waals surface area contributed by atoms with Crippen molar-refractivity contribution in [1.82, 2.24) is 14.7 Å². The molecule has 2 saturated heterocycles. The molecule has 1 aromatic carbocycles. The maximum Gasteiger partial charge on any atom is 0.409 e. The molecule has 28 heavy (non-hydrogen) atoms. The van der Waals surface area contributed by atoms with E-state index >= 15 is 0 Å². The van der Waals surface area contributed by atoms with Crippen LogP contribution in [-0.4, -0.2) is 79.0 Å². The summed E-state index contributed by atoms with van der Waals surface area (Å²) < 4.78 is 4.79. The van der Waals surface area contributed by atoms with Gasteiger partial charge in [0.05, 0.1) is 19.4 Å². The molecule has 2 fully saturated rings. The minimum Gasteiger partial charge on any atom is -0.453 e. The van der Waals surface area contributed by atoms with Gasteiger partial charge in [-0.1, -0.05) is 30.3 Å². The van der Waals surface area contributed by atoms with Crippen molar-refractivity contribution in [3.63, 3.8) is 0 Å². The molecule has 1 unspecified atom stereocenters. The lowest BCUT2D eigenvalue weighted by atomic mass is 9.95. The molecule has 7 nitrogen and oxygen atoms in total. The summed E-state index contributed by atoms with van der Waals surface area (Å²) in [5.74, 6) is 0.0264. The van der Waals surface area contributed by atoms with Crippen LogP contribution in [0.5, 0.6) is 0 Å². The highest BCUT2D eigenvalue weighted by Gasteiger charge is 2.32. The maximum atomic E-state index is 13.0. The average molecular weight is 387 g/mol. The molecule has 152 valence electrons. The first-order valence-electron chi connectivity index (χ1n) is 10.0. The Balaban J connectivity index is 1.55. The summed E-state index contributed by atoms with van der Waals surface area (Å²) in [6, 6.07) is 9.71. The van der Waals surface area contributed by atoms with Crippen LogP contribution in [0.25, 0.3) is 0 Å². The molecule has 1 aromatic rings. The van der Waals surface area contributed by atoms with Crippen LogP contribution in [0.4, 0.5) is 4.79 Å². The Morgan fingerprint density at radius 1 is 0.929 bits per heavy atom. The van der Waals surface area contributed by atoms with Crippen LogP contribution < -0.4 is 0 Å². The van der Waals surface area contributed by atoms with Crippen LogP contribution in [-0.2, 0) is 20.7 Å². The first-order chi connectivity index (χ1) is 13.6. The normalized spacial score (nSPS) is 20.5. The molecule has 2 aliphatic rings. The van der Waals surface area contributed by atoms with Crippen LogP contribution in [0.15, 0.2) is 30.3 Å². The zero-order valence-electron chi connectivity index (χ0n) is 16.5. The Bertz CT molecular complexity index is 694. The molecule has 0 N–H and O–H groups in total. The van der Waals surface area contributed by atoms with Gasteiger partial charge >= 0.3 is 6.09 Å². The van der Waals surface area contributed by atoms with Crippen molar-refractivity contribution in [3.8, 4) is 0 Å². The molecular weight excluding hydrogens is 358 g/mol. The Morgan fingerprint density at radius 2 is 1.61 bits per heavy atom. The number of ether oxygens (including phenoxy) is 1. The number of piperidine rings is 1. The summed E-state index contributed by atoms with van der Waals surface area (Å²) in [6.45, 7) is 3.45. The molecule has 0 bridgehead atoms. The number of benzene rings is 1. The molecule has 3 rings (SSSR count). The van der Waals surface area contributed by atoms with Gasteiger partial charge in [0.25, 0.3) is 0 Å². The molecular formula is C21H29N3O4. The van der Waals surface area contributed by atoms with Gasteiger partial charge in [-0.25, -0.2) is 4.79 Å². The smallest absolute Gasteiger partial charge is 0.409 e. The third-order valence-electron chi connectivity index (χ3n) is 5.56. The zero-order valence-corrected chi connectivity index (χ0v) is 16.5. The van der Waals surface area contributed by atoms with Gasteiger partial charge in [0.2, 0.25) is 11.8 Å². The van der Waals surface area contributed by atoms with Crippen LogP contribution in [0, 0.1) is 5.92 Å². The number of rotatable bonds is 3. The molecule has 2 aliphatic heterocycles. The summed E-state index contributed by atoms with van der Waals surface area (Å²) in [4.78, 5) is 42.7. The van der Waals surface area contributed by atoms with E-state index in [1.54, 1.807) is 4.90 Å². The summed E-state index contributed by atoms with van der Waals surface area (Å²) in [5.41, 5.74) is 0.997. The lowest BCUT2D eigenvalue weighted by Crippen LogP contribution is -2.48. The fourth-order valence-corrected chi connectivity index (χ4v) is 4.00. The zero-order chi connectivity index (χ0) is 19.9. The van der Waals surface area contributed by atoms with Crippen molar-refractivity contribution in [1.29, 1.82) is 0 Å². The molecule has 2 heterocycles. The fourth-order valence-electron chi connectivity index (χ4n) is 4.00. The maximum absolute atomic E-state index is 13.0. The number of carbonyl (C=O) groups is 3. The van der Waals surface area contributed by atoms with Crippen LogP contribution >= 0.6 is 0 Å². The predicted octanol–water partition coefficient (Wildman–Crippen LogP) is 1.77. The van der Waals surface area contributed by atoms with Gasteiger partial charge in [0.15, 0.2) is 0 Å². The first kappa shape index (κ1) is 20.2. The van der Waals surface area contributed by atoms with Gasteiger partial charge in [-0.3, -0.25) is 9.59 Å². The summed E-state index contributed by atoms with van der Waals surface area (Å²) >= 11 is 0. The Hall–Kier alpha value is -2.57. The predicted molar refractivity (Wildman–Crippen MR) is 105 cm³/mol. The lowest BCUT2D eigenvalue weighted by molar-refractivity contribution is -0.140. The monoisotopic (exact) mass is 387 g/mol. The average Bonchev–Trinajstić information content (AvgIpc) is 3.00. The number of carbonyl (C=O) groups excluding carboxylic acids is 3. The summed E-state index contributed by atoms with van der Waals surface area (Å²) in [6.07, 6.45) is 2.43. The van der Waals surface area contributed by atoms with Crippen LogP contribution in [0.3, 0.4) is 0 Å². The van der Waals surface area contributed by atoms with E-state index < -0.39 is 0 Å². The lowest BCUT2D eigenvalue weighted by Gasteiger charge is -2.35. The SMILES string of the molecule is COC(=O)N1CCCN(C(=O)C2CCCN(C(=O)Cc3ccccc3)C2)CC1. The second kappa shape index (κ2) is 9.57. The standard InChI is InChI=1S/C21H29N3O4/c1-28-21(27)23-12-6-11-22(13-14-23)20(26)18-9-5-10-24(16-18)19(25)15-17-7-3-2-4-8-17/h2-4,7-8,18H,5-6,9-16H2,1H3. The Kier molecular flexibility index (Phi) is 6.90. The minimum absolute atomic E-state index is 0.0800. The largest absolute Gasteiger partial charge is 0.453 e. The number of nitrogens with zero attached hydrogens (tertiary/aromatic N) is 3. The molecule has 0 aromatic heterocycles. The van der Waals surface area contributed by atoms with Crippen molar-refractivity contribution in [2.75, 3.05) is 46.4 Å². The molecule has 1 atom stereocenters. The van der Waals surface area contributed by atoms with Gasteiger partial charge in [0, 0.05) is 39.3 Å². The van der Waals surface area contributed by atoms with Crippen molar-refractivity contribution < 1.29 is 19.1 Å². The Morgan fingerprint density at radius 3 is 2.36 bits per heavy atom. The second-order valence-corrected chi connectivity index (χ2v) is 7.48. The third-order valence-corrected chi connectivity index (χ3v) is 5.56. The number of methoxy groups -OCH3 is 1. The van der Waals surface area contributed by atoms with Gasteiger partial charge in [-0.05, 0) is 24.8 Å². The highest BCUT2D eigenvalue weighted by Crippen LogP contribution is 2.21. The number of hydrogen-bond donors (Lipinski definition) is 0. The highest BCUT2D eigenvalue weighted by molar-refractivity contribution is 5.82. The van der Waals surface area contributed by atoms with E-state index in [1.807, 2.05) is 40.1 Å². The number of hydrogen-bond acceptors (Lipinski definition) is 4. The highest BCUT2D eigenvalue weighted by atomic mass is 16.5. The number of amides is 3. The van der Waals surface area contributed by atoms with E-state index in [-0.39, 0.29) is 23.8 Å². The molecule has 3 amide bonds. The van der Waals surface area contributed by atoms with E-state index in [2.05, 4.69) is 0 Å². The molecule has 0 spiro atoms. The van der Waals surface area contributed by atoms with E-state index in [4.69, 9.17) is 4.74 Å². The van der Waals surface area contributed by atoms with E-state index in [1.165, 1.54) is 7.11 Å². The molecule has 7 heteroatoms. The van der Waals surface area contributed by atoms with Gasteiger partial charge in [0.1, 0.15) is 0 Å². The van der Waals surface area contributed by atoms with E-state index in [9.17, 15) is 14.4 Å². The Labute approximate surface area is 166 Å². The quantitative estimate of drug-likeness (QED) is 0.793. The van der Waals surface area contributed by atoms with E-state index in [0.29, 0.717) is 45.7 Å². The molecule has 0 radical (unpaired) electrons. The fraction of sp³-hybridized carbons (Fsp3) is 0.571. The van der Waals surface area contributed by atoms with E-state index in [0.717, 1.165) is 24.8 Å². The minimum atomic E-state index is -0.343. The molecule has 0 saturated carbocycles. The van der Waals surface area contributed by atoms with Gasteiger partial charge < -0.3 is 19.4 Å². The molecule has 0 aliphatic carbocycles. The second-order valence-electron chi connectivity index (χ2n) is 7.48. The van der Waals surface area contributed by atoms with Crippen molar-refractivity contribution in [2.24, 2.45) is 5.92 Å². The topological polar surface area (TPSA) is 70.2 Å². The third kappa shape index (κ3) is 5.03. The van der Waals surface area contributed by atoms with Crippen LogP contribution in [0.2, 0.25) is 0 Å². The van der Waals surface area contributed by atoms with Crippen LogP contribution in [0.1, 0.15) is 24.8 Å². The van der Waals surface area contributed by atoms with Gasteiger partial charge in [-0.15, -0.1) is 0 Å². The summed E-state index contributed by atoms with van der Waals surface area (Å²) in [5, 5.41) is 0. The van der Waals surface area contributed by atoms with Gasteiger partial charge in [-0.2, -0.15) is 0 Å². The number of likely N-dealkylation sites (tertiary alicyclic amines) is 1. The van der Waals surface area contributed by atoms with Crippen molar-refractivity contribution in [3.05, 3.63) is 35.9 Å². The first-order valence-corrected chi connectivity index (χ1v) is 10.0. The van der Waals surface area contributed by atoms with Crippen molar-refractivity contribution >= 4 is 17.9 Å². The summed E-state index contributed by atoms with van der Waals surface area (Å²) in [7, 11) is 1.37. The van der Waals surface area contributed by atoms with Crippen molar-refractivity contribution in [2.45, 2.75) is 25.7 Å².